The average Bonchev–Trinajstić information content (AvgIpc) is 2.97. The number of benzene rings is 1. The van der Waals surface area contributed by atoms with Gasteiger partial charge < -0.3 is 19.4 Å². The quantitative estimate of drug-likeness (QED) is 0.761. The molecule has 130 valence electrons. The molecule has 0 atom stereocenters. The Bertz CT molecular complexity index is 686. The van der Waals surface area contributed by atoms with Crippen LogP contribution in [0.2, 0.25) is 0 Å². The normalized spacial score (nSPS) is 10.7. The summed E-state index contributed by atoms with van der Waals surface area (Å²) in [6.45, 7) is 1.26. The van der Waals surface area contributed by atoms with Gasteiger partial charge in [-0.2, -0.15) is 0 Å². The molecule has 1 N–H and O–H groups in total. The summed E-state index contributed by atoms with van der Waals surface area (Å²) in [5.74, 6) is 2.05. The van der Waals surface area contributed by atoms with Crippen LogP contribution < -0.4 is 14.8 Å². The van der Waals surface area contributed by atoms with Gasteiger partial charge in [0.25, 0.3) is 0 Å². The lowest BCUT2D eigenvalue weighted by Gasteiger charge is -2.16. The SMILES string of the molecule is COc1ccc(CNC(=O)CN(C)Cc2nncn2C)cc1OC. The van der Waals surface area contributed by atoms with Crippen molar-refractivity contribution in [2.24, 2.45) is 7.05 Å². The summed E-state index contributed by atoms with van der Waals surface area (Å²) in [5, 5.41) is 10.7. The molecule has 0 fully saturated rings. The number of likely N-dealkylation sites (N-methyl/N-ethyl adjacent to an activating group) is 1. The molecule has 0 bridgehead atoms. The van der Waals surface area contributed by atoms with Crippen LogP contribution in [-0.2, 0) is 24.9 Å². The minimum atomic E-state index is -0.0607. The van der Waals surface area contributed by atoms with E-state index in [0.29, 0.717) is 24.6 Å². The fourth-order valence-electron chi connectivity index (χ4n) is 2.24. The predicted octanol–water partition coefficient (Wildman–Crippen LogP) is 0.580. The fourth-order valence-corrected chi connectivity index (χ4v) is 2.24. The van der Waals surface area contributed by atoms with Crippen molar-refractivity contribution in [1.29, 1.82) is 0 Å². The van der Waals surface area contributed by atoms with E-state index in [2.05, 4.69) is 15.5 Å². The van der Waals surface area contributed by atoms with Crippen molar-refractivity contribution in [1.82, 2.24) is 25.0 Å². The van der Waals surface area contributed by atoms with E-state index >= 15 is 0 Å². The number of carbonyl (C=O) groups is 1. The fraction of sp³-hybridized carbons (Fsp3) is 0.438. The summed E-state index contributed by atoms with van der Waals surface area (Å²) in [6.07, 6.45) is 1.64. The highest BCUT2D eigenvalue weighted by Crippen LogP contribution is 2.27. The number of nitrogens with one attached hydrogen (secondary N) is 1. The van der Waals surface area contributed by atoms with E-state index in [-0.39, 0.29) is 12.5 Å². The third-order valence-electron chi connectivity index (χ3n) is 3.57. The van der Waals surface area contributed by atoms with E-state index in [1.165, 1.54) is 0 Å². The average molecular weight is 333 g/mol. The van der Waals surface area contributed by atoms with Crippen LogP contribution >= 0.6 is 0 Å². The van der Waals surface area contributed by atoms with Gasteiger partial charge in [0.2, 0.25) is 5.91 Å². The van der Waals surface area contributed by atoms with Gasteiger partial charge in [0.05, 0.1) is 27.3 Å². The topological polar surface area (TPSA) is 81.5 Å². The molecule has 8 heteroatoms. The Morgan fingerprint density at radius 2 is 2.04 bits per heavy atom. The second kappa shape index (κ2) is 8.30. The van der Waals surface area contributed by atoms with Gasteiger partial charge in [-0.3, -0.25) is 9.69 Å². The Morgan fingerprint density at radius 1 is 1.29 bits per heavy atom. The number of rotatable bonds is 8. The lowest BCUT2D eigenvalue weighted by molar-refractivity contribution is -0.122. The molecular formula is C16H23N5O3. The minimum Gasteiger partial charge on any atom is -0.493 e. The first-order valence-electron chi connectivity index (χ1n) is 7.52. The zero-order valence-electron chi connectivity index (χ0n) is 14.4. The Hall–Kier alpha value is -2.61. The molecule has 0 aliphatic carbocycles. The van der Waals surface area contributed by atoms with Crippen molar-refractivity contribution < 1.29 is 14.3 Å². The van der Waals surface area contributed by atoms with Gasteiger partial charge in [-0.05, 0) is 24.7 Å². The van der Waals surface area contributed by atoms with E-state index in [0.717, 1.165) is 11.4 Å². The van der Waals surface area contributed by atoms with Crippen LogP contribution in [0.1, 0.15) is 11.4 Å². The van der Waals surface area contributed by atoms with E-state index in [1.54, 1.807) is 20.5 Å². The maximum atomic E-state index is 12.1. The number of nitrogens with zero attached hydrogens (tertiary/aromatic N) is 4. The smallest absolute Gasteiger partial charge is 0.234 e. The molecule has 0 saturated carbocycles. The van der Waals surface area contributed by atoms with Crippen molar-refractivity contribution in [3.05, 3.63) is 35.9 Å². The molecule has 1 amide bonds. The van der Waals surface area contributed by atoms with Gasteiger partial charge in [0, 0.05) is 13.6 Å². The maximum Gasteiger partial charge on any atom is 0.234 e. The molecule has 0 unspecified atom stereocenters. The molecule has 1 heterocycles. The van der Waals surface area contributed by atoms with Crippen LogP contribution in [-0.4, -0.2) is 53.4 Å². The van der Waals surface area contributed by atoms with E-state index in [1.807, 2.05) is 41.8 Å². The molecule has 8 nitrogen and oxygen atoms in total. The van der Waals surface area contributed by atoms with Crippen molar-refractivity contribution in [3.63, 3.8) is 0 Å². The highest BCUT2D eigenvalue weighted by Gasteiger charge is 2.10. The van der Waals surface area contributed by atoms with Crippen LogP contribution in [0.25, 0.3) is 0 Å². The summed E-state index contributed by atoms with van der Waals surface area (Å²) >= 11 is 0. The lowest BCUT2D eigenvalue weighted by Crippen LogP contribution is -2.35. The second-order valence-electron chi connectivity index (χ2n) is 5.50. The van der Waals surface area contributed by atoms with Gasteiger partial charge in [-0.1, -0.05) is 6.07 Å². The monoisotopic (exact) mass is 333 g/mol. The molecule has 24 heavy (non-hydrogen) atoms. The number of methoxy groups -OCH3 is 2. The van der Waals surface area contributed by atoms with Gasteiger partial charge in [-0.25, -0.2) is 0 Å². The highest BCUT2D eigenvalue weighted by atomic mass is 16.5. The van der Waals surface area contributed by atoms with Gasteiger partial charge in [-0.15, -0.1) is 10.2 Å². The van der Waals surface area contributed by atoms with Crippen molar-refractivity contribution in [2.75, 3.05) is 27.8 Å². The van der Waals surface area contributed by atoms with Gasteiger partial charge in [0.15, 0.2) is 11.5 Å². The highest BCUT2D eigenvalue weighted by molar-refractivity contribution is 5.78. The van der Waals surface area contributed by atoms with Crippen LogP contribution in [0.15, 0.2) is 24.5 Å². The Balaban J connectivity index is 1.83. The Labute approximate surface area is 141 Å². The van der Waals surface area contributed by atoms with Gasteiger partial charge in [0.1, 0.15) is 12.2 Å². The Kier molecular flexibility index (Phi) is 6.14. The van der Waals surface area contributed by atoms with Crippen LogP contribution in [0.5, 0.6) is 11.5 Å². The molecule has 1 aromatic carbocycles. The lowest BCUT2D eigenvalue weighted by atomic mass is 10.2. The molecule has 0 spiro atoms. The number of hydrogen-bond acceptors (Lipinski definition) is 6. The molecule has 2 aromatic rings. The first-order chi connectivity index (χ1) is 11.5. The molecular weight excluding hydrogens is 310 g/mol. The standard InChI is InChI=1S/C16H23N5O3/c1-20(9-15-19-18-11-21(15)2)10-16(22)17-8-12-5-6-13(23-3)14(7-12)24-4/h5-7,11H,8-10H2,1-4H3,(H,17,22). The maximum absolute atomic E-state index is 12.1. The zero-order valence-corrected chi connectivity index (χ0v) is 14.4. The molecule has 0 radical (unpaired) electrons. The predicted molar refractivity (Wildman–Crippen MR) is 88.7 cm³/mol. The summed E-state index contributed by atoms with van der Waals surface area (Å²) in [7, 11) is 6.92. The molecule has 2 rings (SSSR count). The number of amides is 1. The molecule has 0 aliphatic heterocycles. The van der Waals surface area contributed by atoms with Crippen LogP contribution in [0, 0.1) is 0 Å². The molecule has 0 saturated heterocycles. The van der Waals surface area contributed by atoms with Crippen molar-refractivity contribution >= 4 is 5.91 Å². The van der Waals surface area contributed by atoms with Crippen molar-refractivity contribution in [2.45, 2.75) is 13.1 Å². The number of aryl methyl sites for hydroxylation is 1. The largest absolute Gasteiger partial charge is 0.493 e. The molecule has 0 aliphatic rings. The zero-order chi connectivity index (χ0) is 17.5. The van der Waals surface area contributed by atoms with Crippen molar-refractivity contribution in [3.8, 4) is 11.5 Å². The summed E-state index contributed by atoms with van der Waals surface area (Å²) < 4.78 is 12.3. The Morgan fingerprint density at radius 3 is 2.67 bits per heavy atom. The summed E-state index contributed by atoms with van der Waals surface area (Å²) in [6, 6.07) is 5.56. The minimum absolute atomic E-state index is 0.0607. The van der Waals surface area contributed by atoms with Crippen LogP contribution in [0.4, 0.5) is 0 Å². The molecule has 1 aromatic heterocycles. The first-order valence-corrected chi connectivity index (χ1v) is 7.52. The van der Waals surface area contributed by atoms with E-state index in [4.69, 9.17) is 9.47 Å². The number of hydrogen-bond donors (Lipinski definition) is 1. The second-order valence-corrected chi connectivity index (χ2v) is 5.50. The number of carbonyl (C=O) groups excluding carboxylic acids is 1. The number of ether oxygens (including phenoxy) is 2. The number of aromatic nitrogens is 3. The van der Waals surface area contributed by atoms with E-state index in [9.17, 15) is 4.79 Å². The third kappa shape index (κ3) is 4.69. The van der Waals surface area contributed by atoms with Gasteiger partial charge >= 0.3 is 0 Å². The third-order valence-corrected chi connectivity index (χ3v) is 3.57. The summed E-state index contributed by atoms with van der Waals surface area (Å²) in [4.78, 5) is 13.9. The first kappa shape index (κ1) is 17.7. The summed E-state index contributed by atoms with van der Waals surface area (Å²) in [5.41, 5.74) is 0.942. The van der Waals surface area contributed by atoms with E-state index < -0.39 is 0 Å². The van der Waals surface area contributed by atoms with Crippen LogP contribution in [0.3, 0.4) is 0 Å².